The van der Waals surface area contributed by atoms with Gasteiger partial charge in [-0.1, -0.05) is 0 Å². The number of hydrogen-bond acceptors (Lipinski definition) is 5. The molecule has 0 amide bonds. The van der Waals surface area contributed by atoms with Crippen molar-refractivity contribution in [1.29, 1.82) is 0 Å². The van der Waals surface area contributed by atoms with Crippen molar-refractivity contribution in [3.63, 3.8) is 0 Å². The summed E-state index contributed by atoms with van der Waals surface area (Å²) < 4.78 is 5.16. The maximum atomic E-state index is 5.16. The van der Waals surface area contributed by atoms with E-state index in [0.29, 0.717) is 5.89 Å². The molecule has 0 atom stereocenters. The van der Waals surface area contributed by atoms with Crippen LogP contribution in [0.4, 0.5) is 0 Å². The van der Waals surface area contributed by atoms with Crippen LogP contribution in [-0.4, -0.2) is 19.9 Å². The summed E-state index contributed by atoms with van der Waals surface area (Å²) >= 11 is 1.51. The molecule has 0 aliphatic carbocycles. The molecule has 74 valence electrons. The summed E-state index contributed by atoms with van der Waals surface area (Å²) in [5, 5.41) is 2.75. The van der Waals surface area contributed by atoms with Crippen LogP contribution >= 0.6 is 11.3 Å². The predicted octanol–water partition coefficient (Wildman–Crippen LogP) is 2.19. The van der Waals surface area contributed by atoms with Crippen molar-refractivity contribution in [3.05, 3.63) is 30.4 Å². The van der Waals surface area contributed by atoms with Crippen molar-refractivity contribution < 1.29 is 4.42 Å². The number of hydrogen-bond donors (Lipinski definition) is 1. The van der Waals surface area contributed by atoms with Crippen molar-refractivity contribution in [1.82, 2.24) is 19.9 Å². The molecule has 3 heterocycles. The number of thiazole rings is 1. The summed E-state index contributed by atoms with van der Waals surface area (Å²) in [6.07, 6.45) is 6.56. The highest BCUT2D eigenvalue weighted by Crippen LogP contribution is 2.26. The van der Waals surface area contributed by atoms with Crippen LogP contribution in [-0.2, 0) is 0 Å². The molecule has 0 spiro atoms. The fourth-order valence-corrected chi connectivity index (χ4v) is 1.98. The first-order valence-corrected chi connectivity index (χ1v) is 5.16. The number of aromatic amines is 1. The molecule has 0 aliphatic rings. The molecule has 0 bridgehead atoms. The third-order valence-electron chi connectivity index (χ3n) is 1.87. The van der Waals surface area contributed by atoms with Crippen LogP contribution in [0, 0.1) is 0 Å². The van der Waals surface area contributed by atoms with E-state index >= 15 is 0 Å². The molecule has 5 nitrogen and oxygen atoms in total. The predicted molar refractivity (Wildman–Crippen MR) is 55.2 cm³/mol. The average Bonchev–Trinajstić information content (AvgIpc) is 3.02. The van der Waals surface area contributed by atoms with Crippen LogP contribution in [0.5, 0.6) is 0 Å². The molecule has 0 aromatic carbocycles. The average molecular weight is 218 g/mol. The Balaban J connectivity index is 2.02. The number of imidazole rings is 1. The van der Waals surface area contributed by atoms with Gasteiger partial charge in [0, 0.05) is 11.6 Å². The van der Waals surface area contributed by atoms with Gasteiger partial charge < -0.3 is 9.40 Å². The monoisotopic (exact) mass is 218 g/mol. The van der Waals surface area contributed by atoms with Crippen LogP contribution in [0.1, 0.15) is 0 Å². The van der Waals surface area contributed by atoms with Gasteiger partial charge in [0.25, 0.3) is 0 Å². The van der Waals surface area contributed by atoms with E-state index in [9.17, 15) is 0 Å². The Morgan fingerprint density at radius 1 is 1.27 bits per heavy atom. The SMILES string of the molecule is c1coc(-c2csc(-c3c[nH]cn3)n2)n1. The molecule has 3 aromatic rings. The zero-order valence-corrected chi connectivity index (χ0v) is 8.36. The first-order chi connectivity index (χ1) is 7.43. The van der Waals surface area contributed by atoms with Gasteiger partial charge in [0.05, 0.1) is 12.5 Å². The lowest BCUT2D eigenvalue weighted by atomic mass is 10.4. The van der Waals surface area contributed by atoms with Crippen molar-refractivity contribution >= 4 is 11.3 Å². The van der Waals surface area contributed by atoms with Crippen LogP contribution in [0.3, 0.4) is 0 Å². The fraction of sp³-hybridized carbons (Fsp3) is 0. The molecular weight excluding hydrogens is 212 g/mol. The summed E-state index contributed by atoms with van der Waals surface area (Å²) in [5.41, 5.74) is 1.57. The van der Waals surface area contributed by atoms with Gasteiger partial charge in [-0.2, -0.15) is 0 Å². The van der Waals surface area contributed by atoms with Crippen LogP contribution in [0.25, 0.3) is 22.3 Å². The fourth-order valence-electron chi connectivity index (χ4n) is 1.22. The topological polar surface area (TPSA) is 67.6 Å². The molecule has 0 fully saturated rings. The van der Waals surface area contributed by atoms with E-state index in [1.807, 2.05) is 5.38 Å². The number of nitrogens with one attached hydrogen (secondary N) is 1. The number of H-pyrrole nitrogens is 1. The van der Waals surface area contributed by atoms with Gasteiger partial charge in [0.1, 0.15) is 22.7 Å². The molecule has 1 N–H and O–H groups in total. The van der Waals surface area contributed by atoms with Crippen molar-refractivity contribution in [2.75, 3.05) is 0 Å². The summed E-state index contributed by atoms with van der Waals surface area (Å²) in [4.78, 5) is 15.4. The van der Waals surface area contributed by atoms with Gasteiger partial charge in [0.2, 0.25) is 5.89 Å². The molecule has 0 saturated carbocycles. The Bertz CT molecular complexity index is 492. The molecule has 0 aliphatic heterocycles. The Morgan fingerprint density at radius 3 is 3.00 bits per heavy atom. The van der Waals surface area contributed by atoms with Crippen LogP contribution < -0.4 is 0 Å². The summed E-state index contributed by atoms with van der Waals surface area (Å²) in [7, 11) is 0. The molecule has 0 saturated heterocycles. The van der Waals surface area contributed by atoms with Crippen molar-refractivity contribution in [3.8, 4) is 22.3 Å². The molecule has 0 unspecified atom stereocenters. The standard InChI is InChI=1S/C9H6N4OS/c1-2-14-8(11-1)7-4-15-9(13-7)6-3-10-5-12-6/h1-5H,(H,10,12). The Labute approximate surface area is 88.8 Å². The highest BCUT2D eigenvalue weighted by molar-refractivity contribution is 7.13. The third-order valence-corrected chi connectivity index (χ3v) is 2.74. The number of aromatic nitrogens is 4. The Hall–Kier alpha value is -1.95. The molecular formula is C9H6N4OS. The largest absolute Gasteiger partial charge is 0.443 e. The van der Waals surface area contributed by atoms with Crippen molar-refractivity contribution in [2.24, 2.45) is 0 Å². The van der Waals surface area contributed by atoms with Gasteiger partial charge >= 0.3 is 0 Å². The van der Waals surface area contributed by atoms with E-state index in [4.69, 9.17) is 4.42 Å². The quantitative estimate of drug-likeness (QED) is 0.715. The van der Waals surface area contributed by atoms with Gasteiger partial charge in [0.15, 0.2) is 0 Å². The zero-order chi connectivity index (χ0) is 10.1. The lowest BCUT2D eigenvalue weighted by Gasteiger charge is -1.86. The second kappa shape index (κ2) is 3.32. The maximum Gasteiger partial charge on any atom is 0.245 e. The first kappa shape index (κ1) is 8.37. The molecule has 3 rings (SSSR count). The van der Waals surface area contributed by atoms with E-state index in [0.717, 1.165) is 16.4 Å². The summed E-state index contributed by atoms with van der Waals surface area (Å²) in [6.45, 7) is 0. The van der Waals surface area contributed by atoms with E-state index in [1.165, 1.54) is 17.6 Å². The second-order valence-electron chi connectivity index (χ2n) is 2.83. The van der Waals surface area contributed by atoms with Crippen LogP contribution in [0.2, 0.25) is 0 Å². The minimum atomic E-state index is 0.535. The van der Waals surface area contributed by atoms with Crippen molar-refractivity contribution in [2.45, 2.75) is 0 Å². The van der Waals surface area contributed by atoms with Gasteiger partial charge in [-0.25, -0.2) is 15.0 Å². The third kappa shape index (κ3) is 1.44. The van der Waals surface area contributed by atoms with E-state index in [2.05, 4.69) is 19.9 Å². The van der Waals surface area contributed by atoms with Gasteiger partial charge in [-0.15, -0.1) is 11.3 Å². The van der Waals surface area contributed by atoms with E-state index in [1.54, 1.807) is 18.7 Å². The second-order valence-corrected chi connectivity index (χ2v) is 3.69. The first-order valence-electron chi connectivity index (χ1n) is 4.28. The van der Waals surface area contributed by atoms with E-state index < -0.39 is 0 Å². The summed E-state index contributed by atoms with van der Waals surface area (Å²) in [6, 6.07) is 0. The molecule has 3 aromatic heterocycles. The normalized spacial score (nSPS) is 10.7. The van der Waals surface area contributed by atoms with Gasteiger partial charge in [-0.05, 0) is 0 Å². The Morgan fingerprint density at radius 2 is 2.27 bits per heavy atom. The lowest BCUT2D eigenvalue weighted by Crippen LogP contribution is -1.78. The highest BCUT2D eigenvalue weighted by atomic mass is 32.1. The number of nitrogens with zero attached hydrogens (tertiary/aromatic N) is 3. The Kier molecular flexibility index (Phi) is 1.85. The summed E-state index contributed by atoms with van der Waals surface area (Å²) in [5.74, 6) is 0.535. The van der Waals surface area contributed by atoms with Gasteiger partial charge in [-0.3, -0.25) is 0 Å². The number of rotatable bonds is 2. The minimum Gasteiger partial charge on any atom is -0.443 e. The minimum absolute atomic E-state index is 0.535. The zero-order valence-electron chi connectivity index (χ0n) is 7.54. The maximum absolute atomic E-state index is 5.16. The van der Waals surface area contributed by atoms with Crippen LogP contribution in [0.15, 0.2) is 34.8 Å². The highest BCUT2D eigenvalue weighted by Gasteiger charge is 2.10. The van der Waals surface area contributed by atoms with E-state index in [-0.39, 0.29) is 0 Å². The molecule has 15 heavy (non-hydrogen) atoms. The lowest BCUT2D eigenvalue weighted by molar-refractivity contribution is 0.572. The smallest absolute Gasteiger partial charge is 0.245 e. The molecule has 6 heteroatoms. The molecule has 0 radical (unpaired) electrons. The number of oxazole rings is 1.